The zero-order valence-corrected chi connectivity index (χ0v) is 18.3. The number of piperidine rings is 1. The van der Waals surface area contributed by atoms with Gasteiger partial charge in [-0.2, -0.15) is 0 Å². The predicted molar refractivity (Wildman–Crippen MR) is 121 cm³/mol. The number of hydrogen-bond acceptors (Lipinski definition) is 4. The van der Waals surface area contributed by atoms with Crippen molar-refractivity contribution < 1.29 is 19.4 Å². The lowest BCUT2D eigenvalue weighted by molar-refractivity contribution is -0.119. The average Bonchev–Trinajstić information content (AvgIpc) is 3.65. The third kappa shape index (κ3) is 4.32. The zero-order valence-electron chi connectivity index (χ0n) is 18.3. The fourth-order valence-electron chi connectivity index (χ4n) is 5.11. The summed E-state index contributed by atoms with van der Waals surface area (Å²) >= 11 is 0. The molecule has 5 nitrogen and oxygen atoms in total. The number of amides is 1. The van der Waals surface area contributed by atoms with Gasteiger partial charge in [-0.05, 0) is 73.4 Å². The van der Waals surface area contributed by atoms with Crippen molar-refractivity contribution >= 4 is 11.6 Å². The van der Waals surface area contributed by atoms with Gasteiger partial charge >= 0.3 is 0 Å². The Morgan fingerprint density at radius 1 is 1.09 bits per heavy atom. The minimum absolute atomic E-state index is 0.207. The minimum atomic E-state index is -0.946. The highest BCUT2D eigenvalue weighted by molar-refractivity contribution is 5.97. The van der Waals surface area contributed by atoms with Crippen molar-refractivity contribution in [2.24, 2.45) is 5.92 Å². The quantitative estimate of drug-likeness (QED) is 0.750. The van der Waals surface area contributed by atoms with E-state index in [2.05, 4.69) is 11.0 Å². The van der Waals surface area contributed by atoms with Gasteiger partial charge in [0.1, 0.15) is 5.82 Å². The summed E-state index contributed by atoms with van der Waals surface area (Å²) < 4.78 is 13.2. The molecule has 1 amide bonds. The summed E-state index contributed by atoms with van der Waals surface area (Å²) in [6, 6.07) is 12.1. The number of aliphatic hydroxyl groups is 2. The highest BCUT2D eigenvalue weighted by Crippen LogP contribution is 2.37. The highest BCUT2D eigenvalue weighted by atomic mass is 19.1. The number of halogens is 1. The van der Waals surface area contributed by atoms with Crippen molar-refractivity contribution in [3.05, 3.63) is 65.0 Å². The molecule has 0 radical (unpaired) electrons. The topological polar surface area (TPSA) is 64.0 Å². The number of likely N-dealkylation sites (tertiary alicyclic amines) is 1. The Kier molecular flexibility index (Phi) is 5.78. The summed E-state index contributed by atoms with van der Waals surface area (Å²) in [6.07, 6.45) is 4.38. The molecule has 1 atom stereocenters. The van der Waals surface area contributed by atoms with Gasteiger partial charge in [0.25, 0.3) is 0 Å². The van der Waals surface area contributed by atoms with Crippen molar-refractivity contribution in [3.8, 4) is 0 Å². The number of β-amino-alcohol motifs (C(OH)–C–C–N with tert-alkyl or cyclic N) is 1. The van der Waals surface area contributed by atoms with Crippen LogP contribution in [0, 0.1) is 11.7 Å². The van der Waals surface area contributed by atoms with E-state index in [1.807, 2.05) is 17.0 Å². The lowest BCUT2D eigenvalue weighted by Gasteiger charge is -2.39. The molecule has 1 saturated heterocycles. The van der Waals surface area contributed by atoms with Crippen LogP contribution >= 0.6 is 0 Å². The van der Waals surface area contributed by atoms with Gasteiger partial charge < -0.3 is 20.0 Å². The van der Waals surface area contributed by atoms with E-state index in [4.69, 9.17) is 0 Å². The Labute approximate surface area is 188 Å². The molecule has 170 valence electrons. The zero-order chi connectivity index (χ0) is 22.3. The lowest BCUT2D eigenvalue weighted by atomic mass is 9.84. The number of nitrogens with zero attached hydrogens (tertiary/aromatic N) is 2. The van der Waals surface area contributed by atoms with Crippen molar-refractivity contribution in [2.45, 2.75) is 50.2 Å². The van der Waals surface area contributed by atoms with E-state index in [1.54, 1.807) is 12.1 Å². The first-order valence-corrected chi connectivity index (χ1v) is 11.8. The van der Waals surface area contributed by atoms with E-state index in [1.165, 1.54) is 12.1 Å². The Balaban J connectivity index is 1.22. The fraction of sp³-hybridized carbons (Fsp3) is 0.500. The first-order chi connectivity index (χ1) is 15.4. The van der Waals surface area contributed by atoms with Crippen molar-refractivity contribution in [3.63, 3.8) is 0 Å². The number of carbonyl (C=O) groups excluding carboxylic acids is 1. The first-order valence-electron chi connectivity index (χ1n) is 11.8. The van der Waals surface area contributed by atoms with Crippen LogP contribution in [-0.2, 0) is 16.8 Å². The van der Waals surface area contributed by atoms with Crippen molar-refractivity contribution in [1.82, 2.24) is 4.90 Å². The number of benzene rings is 2. The number of anilines is 1. The van der Waals surface area contributed by atoms with Crippen molar-refractivity contribution in [1.29, 1.82) is 0 Å². The second-order valence-corrected chi connectivity index (χ2v) is 9.61. The molecule has 2 aromatic rings. The Morgan fingerprint density at radius 2 is 1.81 bits per heavy atom. The molecular weight excluding hydrogens is 407 g/mol. The lowest BCUT2D eigenvalue weighted by Crippen LogP contribution is -2.44. The molecule has 2 fully saturated rings. The van der Waals surface area contributed by atoms with Crippen LogP contribution < -0.4 is 4.90 Å². The molecule has 1 aliphatic carbocycles. The number of rotatable bonds is 5. The van der Waals surface area contributed by atoms with E-state index in [9.17, 15) is 19.4 Å². The van der Waals surface area contributed by atoms with Gasteiger partial charge in [0.05, 0.1) is 11.7 Å². The molecule has 2 heterocycles. The molecule has 32 heavy (non-hydrogen) atoms. The molecule has 2 aromatic carbocycles. The molecule has 2 aliphatic heterocycles. The van der Waals surface area contributed by atoms with E-state index < -0.39 is 11.7 Å². The Bertz CT molecular complexity index is 981. The monoisotopic (exact) mass is 438 g/mol. The summed E-state index contributed by atoms with van der Waals surface area (Å²) in [4.78, 5) is 16.7. The minimum Gasteiger partial charge on any atom is -0.387 e. The number of hydrogen-bond donors (Lipinski definition) is 2. The van der Waals surface area contributed by atoms with Gasteiger partial charge in [0.2, 0.25) is 5.91 Å². The predicted octanol–water partition coefficient (Wildman–Crippen LogP) is 3.53. The van der Waals surface area contributed by atoms with Gasteiger partial charge in [-0.3, -0.25) is 4.79 Å². The molecular formula is C26H31FN2O3. The highest BCUT2D eigenvalue weighted by Gasteiger charge is 2.36. The standard InChI is InChI=1S/C26H31FN2O3/c27-22-8-6-21(7-9-22)26(32)11-14-28(15-12-26)17-24(30)20-5-10-23-19(16-20)2-1-13-29(23)25(31)18-3-4-18/h5-10,16,18,24,30,32H,1-4,11-15,17H2/t24-/m0/s1. The molecule has 0 unspecified atom stereocenters. The van der Waals surface area contributed by atoms with Crippen LogP contribution in [0.5, 0.6) is 0 Å². The largest absolute Gasteiger partial charge is 0.387 e. The van der Waals surface area contributed by atoms with Crippen molar-refractivity contribution in [2.75, 3.05) is 31.1 Å². The summed E-state index contributed by atoms with van der Waals surface area (Å²) in [5.74, 6) is 0.156. The summed E-state index contributed by atoms with van der Waals surface area (Å²) in [7, 11) is 0. The Morgan fingerprint density at radius 3 is 2.50 bits per heavy atom. The number of carbonyl (C=O) groups is 1. The maximum Gasteiger partial charge on any atom is 0.230 e. The first kappa shape index (κ1) is 21.6. The van der Waals surface area contributed by atoms with E-state index in [-0.39, 0.29) is 17.6 Å². The summed E-state index contributed by atoms with van der Waals surface area (Å²) in [5.41, 5.74) is 2.83. The van der Waals surface area contributed by atoms with Crippen LogP contribution in [0.15, 0.2) is 42.5 Å². The maximum atomic E-state index is 13.2. The molecule has 1 saturated carbocycles. The fourth-order valence-corrected chi connectivity index (χ4v) is 5.11. The maximum absolute atomic E-state index is 13.2. The Hall–Kier alpha value is -2.28. The van der Waals surface area contributed by atoms with Gasteiger partial charge in [0.15, 0.2) is 0 Å². The van der Waals surface area contributed by atoms with Gasteiger partial charge in [-0.25, -0.2) is 4.39 Å². The number of fused-ring (bicyclic) bond motifs is 1. The molecule has 6 heteroatoms. The van der Waals surface area contributed by atoms with Crippen LogP contribution in [0.4, 0.5) is 10.1 Å². The second kappa shape index (κ2) is 8.58. The SMILES string of the molecule is O=C(C1CC1)N1CCCc2cc([C@@H](O)CN3CCC(O)(c4ccc(F)cc4)CC3)ccc21. The van der Waals surface area contributed by atoms with Crippen LogP contribution in [-0.4, -0.2) is 47.2 Å². The molecule has 0 aromatic heterocycles. The van der Waals surface area contributed by atoms with Crippen LogP contribution in [0.1, 0.15) is 54.9 Å². The van der Waals surface area contributed by atoms with E-state index in [0.717, 1.165) is 54.6 Å². The van der Waals surface area contributed by atoms with Crippen LogP contribution in [0.25, 0.3) is 0 Å². The molecule has 2 N–H and O–H groups in total. The third-order valence-electron chi connectivity index (χ3n) is 7.30. The normalized spacial score (nSPS) is 21.8. The molecule has 5 rings (SSSR count). The van der Waals surface area contributed by atoms with Crippen LogP contribution in [0.2, 0.25) is 0 Å². The number of aryl methyl sites for hydroxylation is 1. The average molecular weight is 439 g/mol. The summed E-state index contributed by atoms with van der Waals surface area (Å²) in [6.45, 7) is 2.62. The van der Waals surface area contributed by atoms with Gasteiger partial charge in [0, 0.05) is 37.8 Å². The smallest absolute Gasteiger partial charge is 0.230 e. The van der Waals surface area contributed by atoms with E-state index >= 15 is 0 Å². The van der Waals surface area contributed by atoms with E-state index in [0.29, 0.717) is 32.5 Å². The molecule has 0 spiro atoms. The van der Waals surface area contributed by atoms with Crippen LogP contribution in [0.3, 0.4) is 0 Å². The second-order valence-electron chi connectivity index (χ2n) is 9.61. The molecule has 0 bridgehead atoms. The number of aliphatic hydroxyl groups excluding tert-OH is 1. The molecule has 3 aliphatic rings. The van der Waals surface area contributed by atoms with Gasteiger partial charge in [-0.15, -0.1) is 0 Å². The third-order valence-corrected chi connectivity index (χ3v) is 7.30. The van der Waals surface area contributed by atoms with Gasteiger partial charge in [-0.1, -0.05) is 24.3 Å². The summed E-state index contributed by atoms with van der Waals surface area (Å²) in [5, 5.41) is 21.9.